The third kappa shape index (κ3) is 4.04. The first-order valence-corrected chi connectivity index (χ1v) is 8.12. The molecule has 26 heavy (non-hydrogen) atoms. The Morgan fingerprint density at radius 2 is 1.85 bits per heavy atom. The van der Waals surface area contributed by atoms with Crippen LogP contribution in [-0.2, 0) is 4.79 Å². The quantitative estimate of drug-likeness (QED) is 0.715. The molecule has 0 fully saturated rings. The number of anilines is 1. The average Bonchev–Trinajstić information content (AvgIpc) is 3.17. The molecule has 2 amide bonds. The SMILES string of the molecule is CC(NC(=O)c1ccccc1Cl)C(=O)Nc1ccc(-n2cnnn2)cc1. The second-order valence-corrected chi connectivity index (χ2v) is 5.87. The second-order valence-electron chi connectivity index (χ2n) is 5.47. The van der Waals surface area contributed by atoms with Crippen LogP contribution < -0.4 is 10.6 Å². The van der Waals surface area contributed by atoms with Crippen LogP contribution in [0.2, 0.25) is 5.02 Å². The molecule has 1 unspecified atom stereocenters. The fourth-order valence-electron chi connectivity index (χ4n) is 2.21. The van der Waals surface area contributed by atoms with E-state index in [-0.39, 0.29) is 5.91 Å². The molecule has 1 aromatic heterocycles. The Balaban J connectivity index is 1.60. The van der Waals surface area contributed by atoms with Crippen LogP contribution in [0.15, 0.2) is 54.9 Å². The van der Waals surface area contributed by atoms with Crippen molar-refractivity contribution in [2.45, 2.75) is 13.0 Å². The van der Waals surface area contributed by atoms with E-state index in [1.165, 1.54) is 11.0 Å². The van der Waals surface area contributed by atoms with Crippen molar-refractivity contribution in [3.05, 3.63) is 65.4 Å². The van der Waals surface area contributed by atoms with Gasteiger partial charge in [0.05, 0.1) is 16.3 Å². The Labute approximate surface area is 154 Å². The highest BCUT2D eigenvalue weighted by molar-refractivity contribution is 6.33. The number of hydrogen-bond donors (Lipinski definition) is 2. The zero-order chi connectivity index (χ0) is 18.5. The van der Waals surface area contributed by atoms with Crippen LogP contribution in [0.3, 0.4) is 0 Å². The highest BCUT2D eigenvalue weighted by Crippen LogP contribution is 2.15. The van der Waals surface area contributed by atoms with E-state index in [0.29, 0.717) is 16.3 Å². The zero-order valence-corrected chi connectivity index (χ0v) is 14.5. The largest absolute Gasteiger partial charge is 0.340 e. The summed E-state index contributed by atoms with van der Waals surface area (Å²) in [5, 5.41) is 16.6. The van der Waals surface area contributed by atoms with Crippen molar-refractivity contribution >= 4 is 29.1 Å². The van der Waals surface area contributed by atoms with Gasteiger partial charge in [-0.1, -0.05) is 23.7 Å². The summed E-state index contributed by atoms with van der Waals surface area (Å²) in [5.74, 6) is -0.757. The number of halogens is 1. The molecule has 2 aromatic carbocycles. The van der Waals surface area contributed by atoms with Crippen molar-refractivity contribution in [2.75, 3.05) is 5.32 Å². The van der Waals surface area contributed by atoms with Crippen molar-refractivity contribution in [3.8, 4) is 5.69 Å². The van der Waals surface area contributed by atoms with Gasteiger partial charge in [0.25, 0.3) is 5.91 Å². The Bertz CT molecular complexity index is 911. The highest BCUT2D eigenvalue weighted by atomic mass is 35.5. The van der Waals surface area contributed by atoms with Gasteiger partial charge in [0, 0.05) is 5.69 Å². The van der Waals surface area contributed by atoms with Gasteiger partial charge in [0.2, 0.25) is 5.91 Å². The van der Waals surface area contributed by atoms with E-state index < -0.39 is 11.9 Å². The van der Waals surface area contributed by atoms with Crippen molar-refractivity contribution in [1.29, 1.82) is 0 Å². The summed E-state index contributed by atoms with van der Waals surface area (Å²) in [6.45, 7) is 1.60. The lowest BCUT2D eigenvalue weighted by molar-refractivity contribution is -0.117. The second kappa shape index (κ2) is 7.75. The lowest BCUT2D eigenvalue weighted by Crippen LogP contribution is -2.41. The molecular weight excluding hydrogens is 356 g/mol. The highest BCUT2D eigenvalue weighted by Gasteiger charge is 2.18. The van der Waals surface area contributed by atoms with Crippen LogP contribution in [-0.4, -0.2) is 38.1 Å². The van der Waals surface area contributed by atoms with Gasteiger partial charge in [0.15, 0.2) is 0 Å². The number of carbonyl (C=O) groups excluding carboxylic acids is 2. The Hall–Kier alpha value is -3.26. The average molecular weight is 371 g/mol. The number of hydrogen-bond acceptors (Lipinski definition) is 5. The molecule has 0 bridgehead atoms. The molecule has 3 rings (SSSR count). The lowest BCUT2D eigenvalue weighted by Gasteiger charge is -2.15. The van der Waals surface area contributed by atoms with Crippen LogP contribution in [0.4, 0.5) is 5.69 Å². The molecule has 9 heteroatoms. The van der Waals surface area contributed by atoms with Crippen molar-refractivity contribution in [2.24, 2.45) is 0 Å². The Morgan fingerprint density at radius 3 is 2.50 bits per heavy atom. The van der Waals surface area contributed by atoms with Crippen LogP contribution in [0.5, 0.6) is 0 Å². The smallest absolute Gasteiger partial charge is 0.253 e. The van der Waals surface area contributed by atoms with Gasteiger partial charge in [-0.3, -0.25) is 9.59 Å². The normalized spacial score (nSPS) is 11.6. The van der Waals surface area contributed by atoms with Gasteiger partial charge in [-0.2, -0.15) is 0 Å². The molecule has 0 spiro atoms. The topological polar surface area (TPSA) is 102 Å². The Morgan fingerprint density at radius 1 is 1.12 bits per heavy atom. The summed E-state index contributed by atoms with van der Waals surface area (Å²) < 4.78 is 1.50. The van der Waals surface area contributed by atoms with E-state index in [9.17, 15) is 9.59 Å². The maximum atomic E-state index is 12.3. The third-order valence-electron chi connectivity index (χ3n) is 3.61. The molecule has 1 atom stereocenters. The molecule has 3 aromatic rings. The molecule has 0 aliphatic carbocycles. The van der Waals surface area contributed by atoms with Crippen molar-refractivity contribution in [1.82, 2.24) is 25.5 Å². The van der Waals surface area contributed by atoms with Gasteiger partial charge in [0.1, 0.15) is 12.4 Å². The zero-order valence-electron chi connectivity index (χ0n) is 13.8. The van der Waals surface area contributed by atoms with Crippen LogP contribution in [0.1, 0.15) is 17.3 Å². The molecular formula is C17H15ClN6O2. The van der Waals surface area contributed by atoms with E-state index in [4.69, 9.17) is 11.6 Å². The van der Waals surface area contributed by atoms with Gasteiger partial charge in [-0.25, -0.2) is 4.68 Å². The predicted molar refractivity (Wildman–Crippen MR) is 96.2 cm³/mol. The predicted octanol–water partition coefficient (Wildman–Crippen LogP) is 2.07. The minimum absolute atomic E-state index is 0.319. The van der Waals surface area contributed by atoms with Gasteiger partial charge in [-0.15, -0.1) is 5.10 Å². The number of nitrogens with one attached hydrogen (secondary N) is 2. The molecule has 0 saturated carbocycles. The van der Waals surface area contributed by atoms with Crippen molar-refractivity contribution in [3.63, 3.8) is 0 Å². The molecule has 0 saturated heterocycles. The number of amides is 2. The monoisotopic (exact) mass is 370 g/mol. The maximum absolute atomic E-state index is 12.3. The number of carbonyl (C=O) groups is 2. The summed E-state index contributed by atoms with van der Waals surface area (Å²) in [4.78, 5) is 24.5. The Kier molecular flexibility index (Phi) is 5.23. The first-order chi connectivity index (χ1) is 12.5. The van der Waals surface area contributed by atoms with Gasteiger partial charge in [-0.05, 0) is 53.7 Å². The summed E-state index contributed by atoms with van der Waals surface area (Å²) in [5.41, 5.74) is 1.67. The molecule has 0 radical (unpaired) electrons. The molecule has 8 nitrogen and oxygen atoms in total. The summed E-state index contributed by atoms with van der Waals surface area (Å²) >= 11 is 5.99. The molecule has 1 heterocycles. The lowest BCUT2D eigenvalue weighted by atomic mass is 10.2. The van der Waals surface area contributed by atoms with Gasteiger partial charge < -0.3 is 10.6 Å². The third-order valence-corrected chi connectivity index (χ3v) is 3.94. The summed E-state index contributed by atoms with van der Waals surface area (Å²) in [6.07, 6.45) is 1.47. The first kappa shape index (κ1) is 17.6. The number of nitrogens with zero attached hydrogens (tertiary/aromatic N) is 4. The molecule has 0 aliphatic heterocycles. The van der Waals surface area contributed by atoms with E-state index in [1.807, 2.05) is 0 Å². The standard InChI is InChI=1S/C17H15ClN6O2/c1-11(20-17(26)14-4-2-3-5-15(14)18)16(25)21-12-6-8-13(9-7-12)24-10-19-22-23-24/h2-11H,1H3,(H,20,26)(H,21,25). The van der Waals surface area contributed by atoms with Crippen molar-refractivity contribution < 1.29 is 9.59 Å². The number of benzene rings is 2. The first-order valence-electron chi connectivity index (χ1n) is 7.74. The van der Waals surface area contributed by atoms with Crippen LogP contribution >= 0.6 is 11.6 Å². The van der Waals surface area contributed by atoms with E-state index in [0.717, 1.165) is 5.69 Å². The molecule has 0 aliphatic rings. The van der Waals surface area contributed by atoms with Crippen LogP contribution in [0, 0.1) is 0 Å². The summed E-state index contributed by atoms with van der Waals surface area (Å²) in [7, 11) is 0. The minimum Gasteiger partial charge on any atom is -0.340 e. The number of tetrazole rings is 1. The molecule has 2 N–H and O–H groups in total. The summed E-state index contributed by atoms with van der Waals surface area (Å²) in [6, 6.07) is 12.9. The number of rotatable bonds is 5. The number of aromatic nitrogens is 4. The van der Waals surface area contributed by atoms with E-state index >= 15 is 0 Å². The van der Waals surface area contributed by atoms with E-state index in [2.05, 4.69) is 26.2 Å². The minimum atomic E-state index is -0.738. The fraction of sp³-hybridized carbons (Fsp3) is 0.118. The maximum Gasteiger partial charge on any atom is 0.253 e. The molecule has 132 valence electrons. The van der Waals surface area contributed by atoms with Gasteiger partial charge >= 0.3 is 0 Å². The van der Waals surface area contributed by atoms with E-state index in [1.54, 1.807) is 55.5 Å². The fourth-order valence-corrected chi connectivity index (χ4v) is 2.43. The van der Waals surface area contributed by atoms with Crippen LogP contribution in [0.25, 0.3) is 5.69 Å².